The highest BCUT2D eigenvalue weighted by atomic mass is 17.5. The lowest BCUT2D eigenvalue weighted by atomic mass is 10.2. The second kappa shape index (κ2) is 51.4. The van der Waals surface area contributed by atoms with Crippen LogP contribution in [0.3, 0.4) is 0 Å². The van der Waals surface area contributed by atoms with Gasteiger partial charge in [-0.25, -0.2) is 0 Å². The summed E-state index contributed by atoms with van der Waals surface area (Å²) in [6.07, 6.45) is 19.3. The molecule has 7 saturated heterocycles. The Kier molecular flexibility index (Phi) is 49.9. The van der Waals surface area contributed by atoms with Crippen LogP contribution in [0.15, 0.2) is 0 Å². The van der Waals surface area contributed by atoms with Gasteiger partial charge in [0.05, 0.1) is 0 Å². The largest absolute Gasteiger partial charge is 0.231 e. The number of rotatable bonds is 27. The Morgan fingerprint density at radius 1 is 0.0940 bits per heavy atom. The van der Waals surface area contributed by atoms with Crippen LogP contribution in [-0.4, -0.2) is 104 Å². The van der Waals surface area contributed by atoms with Crippen LogP contribution in [-0.2, 0) is 176 Å². The molecule has 0 aromatic carbocycles. The Hall–Kier alpha value is -1.44. The van der Waals surface area contributed by atoms with Gasteiger partial charge in [0, 0.05) is 116 Å². The minimum Gasteiger partial charge on any atom is -0.195 e. The van der Waals surface area contributed by atoms with Crippen LogP contribution < -0.4 is 0 Å². The van der Waals surface area contributed by atoms with Crippen LogP contribution >= 0.6 is 0 Å². The third-order valence-electron chi connectivity index (χ3n) is 19.2. The van der Waals surface area contributed by atoms with Crippen LogP contribution in [0.5, 0.6) is 0 Å². The minimum absolute atomic E-state index is 0.548. The highest BCUT2D eigenvalue weighted by Gasteiger charge is 2.50. The topological polar surface area (TPSA) is 332 Å². The van der Waals surface area contributed by atoms with Gasteiger partial charge in [0.1, 0.15) is 0 Å². The molecule has 36 nitrogen and oxygen atoms in total. The van der Waals surface area contributed by atoms with E-state index in [1.54, 1.807) is 111 Å². The molecule has 7 rings (SSSR count). The van der Waals surface area contributed by atoms with Gasteiger partial charge in [-0.05, 0) is 125 Å². The zero-order chi connectivity index (χ0) is 89.5. The van der Waals surface area contributed by atoms with E-state index in [1.807, 2.05) is 125 Å². The lowest BCUT2D eigenvalue weighted by Gasteiger charge is -2.39. The van der Waals surface area contributed by atoms with Crippen molar-refractivity contribution in [3.05, 3.63) is 0 Å². The van der Waals surface area contributed by atoms with Crippen molar-refractivity contribution in [2.75, 3.05) is 0 Å². The maximum absolute atomic E-state index is 5.48. The molecule has 0 aromatic heterocycles. The van der Waals surface area contributed by atoms with Gasteiger partial charge in [-0.15, -0.1) is 0 Å². The normalized spacial score (nSPS) is 40.6. The van der Waals surface area contributed by atoms with Crippen molar-refractivity contribution >= 4 is 0 Å². The van der Waals surface area contributed by atoms with E-state index < -0.39 is 104 Å². The zero-order valence-electron chi connectivity index (χ0n) is 78.8. The molecule has 4 atom stereocenters. The fourth-order valence-electron chi connectivity index (χ4n) is 9.32. The van der Waals surface area contributed by atoms with Crippen molar-refractivity contribution in [2.24, 2.45) is 0 Å². The molecule has 0 amide bonds. The van der Waals surface area contributed by atoms with Crippen molar-refractivity contribution in [3.8, 4) is 0 Å². The van der Waals surface area contributed by atoms with E-state index in [1.165, 1.54) is 0 Å². The van der Waals surface area contributed by atoms with E-state index >= 15 is 0 Å². The summed E-state index contributed by atoms with van der Waals surface area (Å²) in [6, 6.07) is 0. The molecular weight excluding hydrogens is 1550 g/mol. The van der Waals surface area contributed by atoms with E-state index in [4.69, 9.17) is 176 Å². The Balaban J connectivity index is 0.000000688. The summed E-state index contributed by atoms with van der Waals surface area (Å²) in [5.41, 5.74) is 0. The van der Waals surface area contributed by atoms with Crippen molar-refractivity contribution < 1.29 is 176 Å². The van der Waals surface area contributed by atoms with E-state index in [-0.39, 0.29) is 0 Å². The fraction of sp³-hybridized carbons (Fsp3) is 1.00. The van der Waals surface area contributed by atoms with Crippen molar-refractivity contribution in [3.63, 3.8) is 0 Å². The van der Waals surface area contributed by atoms with Crippen LogP contribution in [0.1, 0.15) is 423 Å². The summed E-state index contributed by atoms with van der Waals surface area (Å²) >= 11 is 0. The number of hydrogen-bond donors (Lipinski definition) is 0. The quantitative estimate of drug-likeness (QED) is 0.0689. The lowest BCUT2D eigenvalue weighted by molar-refractivity contribution is -0.652. The first-order valence-electron chi connectivity index (χ1n) is 42.9. The molecule has 702 valence electrons. The van der Waals surface area contributed by atoms with Crippen LogP contribution in [0, 0.1) is 0 Å². The molecule has 4 unspecified atom stereocenters. The monoisotopic (exact) mass is 1710 g/mol. The molecule has 0 spiro atoms. The smallest absolute Gasteiger partial charge is 0.195 e. The summed E-state index contributed by atoms with van der Waals surface area (Å²) in [4.78, 5) is 191. The molecule has 0 bridgehead atoms. The van der Waals surface area contributed by atoms with Gasteiger partial charge in [0.15, 0.2) is 0 Å². The molecule has 36 heteroatoms. The predicted octanol–water partition coefficient (Wildman–Crippen LogP) is 22.9. The SMILES string of the molecule is CCC1(C)OOC(C)(CC)OO1.CCC1(C)OOC(C)(CC)OOC(C)(CC)OO1.CCCC1(C)OOC(C)(CC)OO1.CCCC1(C)OOC(C)(CC)OOC(C)(CC)OO1.CCCC1(C)OOC(C)(CC)OOC(C)(CCC)OO1.CCCC1(C)OOC(C)(CCC)OO1.CCCC1(C)OOC(C)(CCC)OOC(C)(CCC)OO1. The van der Waals surface area contributed by atoms with Crippen molar-refractivity contribution in [2.45, 2.75) is 527 Å². The lowest BCUT2D eigenvalue weighted by Crippen LogP contribution is -2.47. The zero-order valence-corrected chi connectivity index (χ0v) is 78.8. The molecule has 7 aliphatic rings. The predicted molar refractivity (Wildman–Crippen MR) is 417 cm³/mol. The van der Waals surface area contributed by atoms with E-state index in [2.05, 4.69) is 13.8 Å². The summed E-state index contributed by atoms with van der Waals surface area (Å²) in [6.45, 7) is 67.3. The van der Waals surface area contributed by atoms with E-state index in [9.17, 15) is 0 Å². The average Bonchev–Trinajstić information content (AvgIpc) is 1.47. The fourth-order valence-corrected chi connectivity index (χ4v) is 9.32. The Morgan fingerprint density at radius 3 is 0.188 bits per heavy atom. The van der Waals surface area contributed by atoms with Crippen LogP contribution in [0.4, 0.5) is 0 Å². The van der Waals surface area contributed by atoms with Gasteiger partial charge in [0.2, 0.25) is 104 Å². The molecule has 0 aliphatic carbocycles. The van der Waals surface area contributed by atoms with Gasteiger partial charge >= 0.3 is 0 Å². The third kappa shape index (κ3) is 41.3. The highest BCUT2D eigenvalue weighted by molar-refractivity contribution is 4.72. The molecule has 0 N–H and O–H groups in total. The highest BCUT2D eigenvalue weighted by Crippen LogP contribution is 2.41. The molecule has 117 heavy (non-hydrogen) atoms. The Morgan fingerprint density at radius 2 is 0.145 bits per heavy atom. The molecule has 0 saturated carbocycles. The third-order valence-corrected chi connectivity index (χ3v) is 19.2. The molecule has 0 radical (unpaired) electrons. The maximum Gasteiger partial charge on any atom is 0.231 e. The van der Waals surface area contributed by atoms with Gasteiger partial charge in [0.25, 0.3) is 0 Å². The molecular formula is C81H162O36. The minimum atomic E-state index is -1.01. The summed E-state index contributed by atoms with van der Waals surface area (Å²) < 4.78 is 0. The standard InChI is InChI=1S/C15H30O6.C14H28O6.C13H26O6.C12H24O6.C10H20O4.C9H18O4.C8H16O4/c1-7-10-13(4)16-18-14(5,11-8-2)20-21-15(6,12-9-3)19-17-13;1-7-10-13(5)17-15-12(4,9-3)16-18-14(6,11-8-2)20-19-13;1-7-10-13(6)18-16-11(4,8-2)14-15-12(5,9-3)17-19-13;1-7-10(4)13-15-11(5,8-2)17-18-12(6,9-3)16-14-10;1-5-7-9(3)11-13-10(4,8-6-2)14-12-9;1-5-7-9(4)12-10-8(3,6-2)11-13-9;1-5-7(3)9-11-8(4,6-2)12-10-7/h7-12H2,1-6H3;7-11H2,1-6H3;7-10H2,1-6H3;7-9H2,1-6H3;5-8H2,1-4H3;5-7H2,1-4H3;5-6H2,1-4H3. The second-order valence-corrected chi connectivity index (χ2v) is 33.3. The van der Waals surface area contributed by atoms with Crippen LogP contribution in [0.2, 0.25) is 0 Å². The maximum atomic E-state index is 5.48. The van der Waals surface area contributed by atoms with Gasteiger partial charge < -0.3 is 0 Å². The van der Waals surface area contributed by atoms with Crippen molar-refractivity contribution in [1.29, 1.82) is 0 Å². The second-order valence-electron chi connectivity index (χ2n) is 33.3. The van der Waals surface area contributed by atoms with Gasteiger partial charge in [-0.1, -0.05) is 182 Å². The molecule has 7 fully saturated rings. The van der Waals surface area contributed by atoms with Crippen LogP contribution in [0.25, 0.3) is 0 Å². The summed E-state index contributed by atoms with van der Waals surface area (Å²) in [5, 5.41) is 0. The first kappa shape index (κ1) is 114. The Bertz CT molecular complexity index is 2390. The Labute approximate surface area is 700 Å². The molecule has 7 heterocycles. The first-order valence-corrected chi connectivity index (χ1v) is 42.9. The summed E-state index contributed by atoms with van der Waals surface area (Å²) in [5.74, 6) is -16.7. The average molecular weight is 1710 g/mol. The van der Waals surface area contributed by atoms with E-state index in [0.717, 1.165) is 77.0 Å². The molecule has 0 aromatic rings. The van der Waals surface area contributed by atoms with Gasteiger partial charge in [-0.2, -0.15) is 176 Å². The molecule has 7 aliphatic heterocycles. The number of hydrogen-bond acceptors (Lipinski definition) is 36. The van der Waals surface area contributed by atoms with E-state index in [0.29, 0.717) is 96.3 Å². The van der Waals surface area contributed by atoms with Crippen molar-refractivity contribution in [1.82, 2.24) is 0 Å². The summed E-state index contributed by atoms with van der Waals surface area (Å²) in [7, 11) is 0. The van der Waals surface area contributed by atoms with Gasteiger partial charge in [-0.3, -0.25) is 0 Å². The first-order chi connectivity index (χ1) is 54.3.